The van der Waals surface area contributed by atoms with Crippen molar-refractivity contribution in [3.05, 3.63) is 35.9 Å². The Bertz CT molecular complexity index is 585. The number of ketones is 1. The molecule has 2 saturated heterocycles. The molecule has 1 aromatic rings. The van der Waals surface area contributed by atoms with E-state index in [1.54, 1.807) is 6.92 Å². The number of nitrogens with zero attached hydrogens (tertiary/aromatic N) is 1. The van der Waals surface area contributed by atoms with E-state index in [0.29, 0.717) is 13.0 Å². The number of rotatable bonds is 3. The van der Waals surface area contributed by atoms with Gasteiger partial charge in [0.2, 0.25) is 0 Å². The number of carboxylic acid groups (broad SMARTS) is 1. The Morgan fingerprint density at radius 3 is 2.62 bits per heavy atom. The number of hydrogen-bond acceptors (Lipinski definition) is 3. The Labute approximate surface area is 124 Å². The molecule has 0 radical (unpaired) electrons. The summed E-state index contributed by atoms with van der Waals surface area (Å²) in [6.45, 7) is 4.26. The minimum Gasteiger partial charge on any atom is -0.480 e. The van der Waals surface area contributed by atoms with Gasteiger partial charge >= 0.3 is 5.97 Å². The maximum atomic E-state index is 12.4. The van der Waals surface area contributed by atoms with E-state index < -0.39 is 16.9 Å². The van der Waals surface area contributed by atoms with Gasteiger partial charge in [-0.2, -0.15) is 0 Å². The summed E-state index contributed by atoms with van der Waals surface area (Å²) < 4.78 is 0. The summed E-state index contributed by atoms with van der Waals surface area (Å²) in [4.78, 5) is 26.5. The quantitative estimate of drug-likeness (QED) is 0.868. The van der Waals surface area contributed by atoms with Crippen LogP contribution in [0.25, 0.3) is 0 Å². The van der Waals surface area contributed by atoms with Crippen LogP contribution in [0.2, 0.25) is 0 Å². The van der Waals surface area contributed by atoms with E-state index in [1.807, 2.05) is 25.1 Å². The van der Waals surface area contributed by atoms with Gasteiger partial charge in [0.25, 0.3) is 0 Å². The molecule has 3 atom stereocenters. The van der Waals surface area contributed by atoms with Gasteiger partial charge in [-0.05, 0) is 32.3 Å². The van der Waals surface area contributed by atoms with Crippen molar-refractivity contribution in [2.24, 2.45) is 5.41 Å². The molecular weight excluding hydrogens is 266 g/mol. The first-order chi connectivity index (χ1) is 9.89. The van der Waals surface area contributed by atoms with Crippen LogP contribution in [0, 0.1) is 5.41 Å². The number of carboxylic acids is 1. The van der Waals surface area contributed by atoms with Crippen LogP contribution in [0.3, 0.4) is 0 Å². The second-order valence-electron chi connectivity index (χ2n) is 6.64. The van der Waals surface area contributed by atoms with Crippen LogP contribution in [0.15, 0.2) is 30.3 Å². The highest BCUT2D eigenvalue weighted by molar-refractivity contribution is 6.05. The van der Waals surface area contributed by atoms with Crippen LogP contribution in [-0.2, 0) is 16.1 Å². The van der Waals surface area contributed by atoms with Crippen molar-refractivity contribution < 1.29 is 14.7 Å². The lowest BCUT2D eigenvalue weighted by atomic mass is 9.65. The fraction of sp³-hybridized carbons (Fsp3) is 0.529. The first kappa shape index (κ1) is 14.3. The highest BCUT2D eigenvalue weighted by Crippen LogP contribution is 2.53. The van der Waals surface area contributed by atoms with Gasteiger partial charge in [-0.15, -0.1) is 0 Å². The van der Waals surface area contributed by atoms with E-state index >= 15 is 0 Å². The third-order valence-electron chi connectivity index (χ3n) is 5.72. The lowest BCUT2D eigenvalue weighted by Gasteiger charge is -2.51. The number of Topliss-reactive ketones (excluding diaryl/α,β-unsaturated/α-hetero) is 1. The lowest BCUT2D eigenvalue weighted by molar-refractivity contribution is -0.170. The molecule has 0 aliphatic carbocycles. The predicted molar refractivity (Wildman–Crippen MR) is 78.8 cm³/mol. The lowest BCUT2D eigenvalue weighted by Crippen LogP contribution is -2.65. The SMILES string of the molecule is CC1(C(=O)O)C(=O)CC2CCC1(C)N2Cc1ccccc1. The van der Waals surface area contributed by atoms with Gasteiger partial charge in [-0.3, -0.25) is 14.5 Å². The molecule has 2 heterocycles. The van der Waals surface area contributed by atoms with Crippen LogP contribution < -0.4 is 0 Å². The van der Waals surface area contributed by atoms with Gasteiger partial charge in [0.15, 0.2) is 5.78 Å². The maximum absolute atomic E-state index is 12.4. The number of fused-ring (bicyclic) bond motifs is 2. The van der Waals surface area contributed by atoms with E-state index in [0.717, 1.165) is 18.4 Å². The second-order valence-corrected chi connectivity index (χ2v) is 6.64. The van der Waals surface area contributed by atoms with E-state index in [9.17, 15) is 14.7 Å². The zero-order chi connectivity index (χ0) is 15.3. The minimum absolute atomic E-state index is 0.121. The van der Waals surface area contributed by atoms with Gasteiger partial charge in [0, 0.05) is 24.5 Å². The molecule has 2 aliphatic heterocycles. The summed E-state index contributed by atoms with van der Waals surface area (Å²) >= 11 is 0. The van der Waals surface area contributed by atoms with Crippen molar-refractivity contribution in [3.8, 4) is 0 Å². The fourth-order valence-corrected chi connectivity index (χ4v) is 4.05. The monoisotopic (exact) mass is 287 g/mol. The highest BCUT2D eigenvalue weighted by atomic mass is 16.4. The molecule has 0 aromatic heterocycles. The van der Waals surface area contributed by atoms with Gasteiger partial charge in [0.05, 0.1) is 0 Å². The third kappa shape index (κ3) is 1.85. The summed E-state index contributed by atoms with van der Waals surface area (Å²) in [5.41, 5.74) is -0.749. The Kier molecular flexibility index (Phi) is 3.17. The highest BCUT2D eigenvalue weighted by Gasteiger charge is 2.65. The average molecular weight is 287 g/mol. The zero-order valence-electron chi connectivity index (χ0n) is 12.5. The Balaban J connectivity index is 1.99. The molecule has 21 heavy (non-hydrogen) atoms. The van der Waals surface area contributed by atoms with Gasteiger partial charge in [-0.1, -0.05) is 30.3 Å². The number of benzene rings is 1. The van der Waals surface area contributed by atoms with E-state index in [1.165, 1.54) is 0 Å². The van der Waals surface area contributed by atoms with E-state index in [2.05, 4.69) is 17.0 Å². The molecular formula is C17H21NO3. The molecule has 4 nitrogen and oxygen atoms in total. The van der Waals surface area contributed by atoms with Crippen molar-refractivity contribution in [1.82, 2.24) is 4.90 Å². The summed E-state index contributed by atoms with van der Waals surface area (Å²) in [7, 11) is 0. The Hall–Kier alpha value is -1.68. The largest absolute Gasteiger partial charge is 0.480 e. The van der Waals surface area contributed by atoms with Gasteiger partial charge in [0.1, 0.15) is 5.41 Å². The van der Waals surface area contributed by atoms with Gasteiger partial charge < -0.3 is 5.11 Å². The Morgan fingerprint density at radius 2 is 2.00 bits per heavy atom. The number of piperidine rings is 1. The van der Waals surface area contributed by atoms with Crippen molar-refractivity contribution in [3.63, 3.8) is 0 Å². The first-order valence-electron chi connectivity index (χ1n) is 7.47. The molecule has 3 rings (SSSR count). The molecule has 2 fully saturated rings. The van der Waals surface area contributed by atoms with E-state index in [4.69, 9.17) is 0 Å². The zero-order valence-corrected chi connectivity index (χ0v) is 12.5. The summed E-state index contributed by atoms with van der Waals surface area (Å²) in [5, 5.41) is 9.69. The molecule has 0 amide bonds. The van der Waals surface area contributed by atoms with Crippen LogP contribution in [0.1, 0.15) is 38.7 Å². The van der Waals surface area contributed by atoms with Gasteiger partial charge in [-0.25, -0.2) is 0 Å². The van der Waals surface area contributed by atoms with Crippen LogP contribution in [0.4, 0.5) is 0 Å². The topological polar surface area (TPSA) is 57.6 Å². The van der Waals surface area contributed by atoms with Crippen molar-refractivity contribution in [2.45, 2.75) is 51.2 Å². The Morgan fingerprint density at radius 1 is 1.33 bits per heavy atom. The summed E-state index contributed by atoms with van der Waals surface area (Å²) in [6.07, 6.45) is 2.02. The average Bonchev–Trinajstić information content (AvgIpc) is 2.72. The number of hydrogen-bond donors (Lipinski definition) is 1. The molecule has 2 aliphatic rings. The normalized spacial score (nSPS) is 35.9. The minimum atomic E-state index is -1.31. The second kappa shape index (κ2) is 4.67. The smallest absolute Gasteiger partial charge is 0.318 e. The predicted octanol–water partition coefficient (Wildman–Crippen LogP) is 2.47. The number of carbonyl (C=O) groups is 2. The maximum Gasteiger partial charge on any atom is 0.318 e. The molecule has 0 spiro atoms. The van der Waals surface area contributed by atoms with E-state index in [-0.39, 0.29) is 11.8 Å². The van der Waals surface area contributed by atoms with Crippen LogP contribution in [0.5, 0.6) is 0 Å². The molecule has 4 heteroatoms. The molecule has 3 unspecified atom stereocenters. The number of carbonyl (C=O) groups excluding carboxylic acids is 1. The number of aliphatic carboxylic acids is 1. The molecule has 1 aromatic carbocycles. The summed E-state index contributed by atoms with van der Waals surface area (Å²) in [6, 6.07) is 10.2. The standard InChI is InChI=1S/C17H21NO3/c1-16-9-8-13(10-14(19)17(16,2)15(20)21)18(16)11-12-6-4-3-5-7-12/h3-7,13H,8-11H2,1-2H3,(H,20,21). The summed E-state index contributed by atoms with van der Waals surface area (Å²) in [5.74, 6) is -1.11. The molecule has 1 N–H and O–H groups in total. The van der Waals surface area contributed by atoms with Crippen LogP contribution >= 0.6 is 0 Å². The molecule has 0 saturated carbocycles. The van der Waals surface area contributed by atoms with Crippen molar-refractivity contribution >= 4 is 11.8 Å². The molecule has 2 bridgehead atoms. The molecule has 112 valence electrons. The fourth-order valence-electron chi connectivity index (χ4n) is 4.05. The van der Waals surface area contributed by atoms with Crippen molar-refractivity contribution in [2.75, 3.05) is 0 Å². The third-order valence-corrected chi connectivity index (χ3v) is 5.72. The van der Waals surface area contributed by atoms with Crippen molar-refractivity contribution in [1.29, 1.82) is 0 Å². The first-order valence-corrected chi connectivity index (χ1v) is 7.47. The van der Waals surface area contributed by atoms with Crippen LogP contribution in [-0.4, -0.2) is 33.3 Å².